The highest BCUT2D eigenvalue weighted by atomic mass is 16.1. The first-order valence-corrected chi connectivity index (χ1v) is 6.01. The highest BCUT2D eigenvalue weighted by molar-refractivity contribution is 6.08. The molecule has 0 radical (unpaired) electrons. The first-order chi connectivity index (χ1) is 8.99. The number of hydrogen-bond donors (Lipinski definition) is 3. The van der Waals surface area contributed by atoms with Gasteiger partial charge < -0.3 is 16.8 Å². The summed E-state index contributed by atoms with van der Waals surface area (Å²) in [5.41, 5.74) is 15.7. The number of nitrogen functional groups attached to an aromatic ring is 2. The molecule has 2 aromatic rings. The summed E-state index contributed by atoms with van der Waals surface area (Å²) in [5.74, 6) is -0.230. The van der Waals surface area contributed by atoms with E-state index >= 15 is 0 Å². The van der Waals surface area contributed by atoms with E-state index in [4.69, 9.17) is 11.5 Å². The number of benzene rings is 2. The first-order valence-electron chi connectivity index (χ1n) is 6.01. The van der Waals surface area contributed by atoms with Gasteiger partial charge in [0.2, 0.25) is 0 Å². The van der Waals surface area contributed by atoms with E-state index in [1.165, 1.54) is 0 Å². The van der Waals surface area contributed by atoms with Crippen molar-refractivity contribution in [2.45, 2.75) is 13.8 Å². The van der Waals surface area contributed by atoms with Crippen molar-refractivity contribution in [3.63, 3.8) is 0 Å². The maximum absolute atomic E-state index is 12.2. The largest absolute Gasteiger partial charge is 0.399 e. The van der Waals surface area contributed by atoms with Crippen LogP contribution in [0.25, 0.3) is 0 Å². The Hall–Kier alpha value is -2.49. The number of amides is 1. The minimum absolute atomic E-state index is 0.230. The zero-order valence-corrected chi connectivity index (χ0v) is 11.0. The second-order valence-corrected chi connectivity index (χ2v) is 4.55. The molecule has 4 heteroatoms. The Morgan fingerprint density at radius 1 is 1.11 bits per heavy atom. The molecule has 0 saturated carbocycles. The van der Waals surface area contributed by atoms with Crippen LogP contribution in [0.1, 0.15) is 21.5 Å². The van der Waals surface area contributed by atoms with Crippen molar-refractivity contribution in [3.8, 4) is 0 Å². The summed E-state index contributed by atoms with van der Waals surface area (Å²) in [7, 11) is 0. The summed E-state index contributed by atoms with van der Waals surface area (Å²) < 4.78 is 0. The van der Waals surface area contributed by atoms with Gasteiger partial charge in [-0.3, -0.25) is 4.79 Å². The molecule has 0 spiro atoms. The molecule has 1 amide bonds. The Balaban J connectivity index is 2.28. The topological polar surface area (TPSA) is 81.1 Å². The van der Waals surface area contributed by atoms with E-state index in [0.717, 1.165) is 16.8 Å². The van der Waals surface area contributed by atoms with Crippen molar-refractivity contribution >= 4 is 23.0 Å². The lowest BCUT2D eigenvalue weighted by Gasteiger charge is -2.11. The predicted octanol–water partition coefficient (Wildman–Crippen LogP) is 2.72. The van der Waals surface area contributed by atoms with Gasteiger partial charge in [0.15, 0.2) is 0 Å². The summed E-state index contributed by atoms with van der Waals surface area (Å²) >= 11 is 0. The zero-order valence-electron chi connectivity index (χ0n) is 11.0. The molecule has 0 unspecified atom stereocenters. The number of nitrogens with one attached hydrogen (secondary N) is 1. The molecule has 0 fully saturated rings. The van der Waals surface area contributed by atoms with Gasteiger partial charge in [-0.05, 0) is 49.2 Å². The summed E-state index contributed by atoms with van der Waals surface area (Å²) in [6.45, 7) is 3.97. The lowest BCUT2D eigenvalue weighted by atomic mass is 10.1. The fourth-order valence-electron chi connectivity index (χ4n) is 1.86. The number of carbonyl (C=O) groups excluding carboxylic acids is 1. The van der Waals surface area contributed by atoms with Crippen LogP contribution < -0.4 is 16.8 Å². The number of carbonyl (C=O) groups is 1. The van der Waals surface area contributed by atoms with E-state index < -0.39 is 0 Å². The second kappa shape index (κ2) is 5.02. The molecule has 0 heterocycles. The van der Waals surface area contributed by atoms with Crippen LogP contribution in [0.5, 0.6) is 0 Å². The first kappa shape index (κ1) is 13.0. The smallest absolute Gasteiger partial charge is 0.257 e. The zero-order chi connectivity index (χ0) is 14.0. The quantitative estimate of drug-likeness (QED) is 0.722. The van der Waals surface area contributed by atoms with Crippen molar-refractivity contribution < 1.29 is 4.79 Å². The van der Waals surface area contributed by atoms with E-state index in [9.17, 15) is 4.79 Å². The monoisotopic (exact) mass is 255 g/mol. The van der Waals surface area contributed by atoms with Crippen LogP contribution in [0.2, 0.25) is 0 Å². The Kier molecular flexibility index (Phi) is 3.42. The minimum atomic E-state index is -0.230. The molecule has 0 atom stereocenters. The number of aryl methyl sites for hydroxylation is 1. The van der Waals surface area contributed by atoms with Gasteiger partial charge in [-0.15, -0.1) is 0 Å². The molecule has 4 nitrogen and oxygen atoms in total. The molecule has 19 heavy (non-hydrogen) atoms. The molecule has 5 N–H and O–H groups in total. The van der Waals surface area contributed by atoms with Gasteiger partial charge in [0.1, 0.15) is 0 Å². The van der Waals surface area contributed by atoms with Crippen molar-refractivity contribution in [1.29, 1.82) is 0 Å². The Bertz CT molecular complexity index is 635. The molecule has 98 valence electrons. The van der Waals surface area contributed by atoms with Crippen LogP contribution in [0.4, 0.5) is 17.1 Å². The van der Waals surface area contributed by atoms with Gasteiger partial charge in [-0.25, -0.2) is 0 Å². The summed E-state index contributed by atoms with van der Waals surface area (Å²) in [4.78, 5) is 12.2. The number of rotatable bonds is 2. The number of anilines is 3. The van der Waals surface area contributed by atoms with E-state index in [1.807, 2.05) is 32.0 Å². The minimum Gasteiger partial charge on any atom is -0.399 e. The van der Waals surface area contributed by atoms with E-state index in [1.54, 1.807) is 18.2 Å². The predicted molar refractivity (Wildman–Crippen MR) is 79.1 cm³/mol. The maximum atomic E-state index is 12.2. The highest BCUT2D eigenvalue weighted by Gasteiger charge is 2.11. The van der Waals surface area contributed by atoms with Crippen molar-refractivity contribution in [2.75, 3.05) is 16.8 Å². The van der Waals surface area contributed by atoms with Crippen LogP contribution >= 0.6 is 0 Å². The van der Waals surface area contributed by atoms with Crippen molar-refractivity contribution in [2.24, 2.45) is 0 Å². The fraction of sp³-hybridized carbons (Fsp3) is 0.133. The average molecular weight is 255 g/mol. The maximum Gasteiger partial charge on any atom is 0.257 e. The number of nitrogens with two attached hydrogens (primary N) is 2. The van der Waals surface area contributed by atoms with Crippen LogP contribution in [0.15, 0.2) is 36.4 Å². The molecule has 0 aromatic heterocycles. The molecule has 0 aliphatic heterocycles. The normalized spacial score (nSPS) is 10.2. The van der Waals surface area contributed by atoms with Crippen LogP contribution in [-0.2, 0) is 0 Å². The van der Waals surface area contributed by atoms with E-state index in [-0.39, 0.29) is 5.91 Å². The third-order valence-corrected chi connectivity index (χ3v) is 3.17. The van der Waals surface area contributed by atoms with Crippen LogP contribution in [0.3, 0.4) is 0 Å². The highest BCUT2D eigenvalue weighted by Crippen LogP contribution is 2.21. The van der Waals surface area contributed by atoms with Gasteiger partial charge >= 0.3 is 0 Å². The molecule has 2 rings (SSSR count). The Labute approximate surface area is 112 Å². The van der Waals surface area contributed by atoms with Gasteiger partial charge in [-0.1, -0.05) is 12.1 Å². The summed E-state index contributed by atoms with van der Waals surface area (Å²) in [5, 5.41) is 2.87. The van der Waals surface area contributed by atoms with E-state index in [2.05, 4.69) is 5.32 Å². The molecular formula is C15H17N3O. The summed E-state index contributed by atoms with van der Waals surface area (Å²) in [6.07, 6.45) is 0. The molecular weight excluding hydrogens is 238 g/mol. The molecule has 0 aliphatic rings. The second-order valence-electron chi connectivity index (χ2n) is 4.55. The van der Waals surface area contributed by atoms with Gasteiger partial charge in [0.05, 0.1) is 5.56 Å². The fourth-order valence-corrected chi connectivity index (χ4v) is 1.86. The van der Waals surface area contributed by atoms with Crippen LogP contribution in [0, 0.1) is 13.8 Å². The Morgan fingerprint density at radius 2 is 1.84 bits per heavy atom. The van der Waals surface area contributed by atoms with Gasteiger partial charge in [0.25, 0.3) is 5.91 Å². The average Bonchev–Trinajstić information content (AvgIpc) is 2.34. The van der Waals surface area contributed by atoms with Crippen molar-refractivity contribution in [3.05, 3.63) is 53.1 Å². The van der Waals surface area contributed by atoms with E-state index in [0.29, 0.717) is 16.9 Å². The lowest BCUT2D eigenvalue weighted by molar-refractivity contribution is 0.102. The SMILES string of the molecule is Cc1cccc(NC(=O)c2ccc(N)cc2N)c1C. The van der Waals surface area contributed by atoms with Gasteiger partial charge in [0, 0.05) is 17.1 Å². The number of hydrogen-bond acceptors (Lipinski definition) is 3. The van der Waals surface area contributed by atoms with Crippen LogP contribution in [-0.4, -0.2) is 5.91 Å². The molecule has 2 aromatic carbocycles. The van der Waals surface area contributed by atoms with Gasteiger partial charge in [-0.2, -0.15) is 0 Å². The standard InChI is InChI=1S/C15H17N3O/c1-9-4-3-5-14(10(9)2)18-15(19)12-7-6-11(16)8-13(12)17/h3-8H,16-17H2,1-2H3,(H,18,19). The molecule has 0 bridgehead atoms. The van der Waals surface area contributed by atoms with Crippen molar-refractivity contribution in [1.82, 2.24) is 0 Å². The Morgan fingerprint density at radius 3 is 2.53 bits per heavy atom. The third-order valence-electron chi connectivity index (χ3n) is 3.17. The summed E-state index contributed by atoms with van der Waals surface area (Å²) in [6, 6.07) is 10.7. The third kappa shape index (κ3) is 2.68. The molecule has 0 saturated heterocycles. The molecule has 0 aliphatic carbocycles. The lowest BCUT2D eigenvalue weighted by Crippen LogP contribution is -2.15.